The highest BCUT2D eigenvalue weighted by molar-refractivity contribution is 6.39. The molecule has 1 amide bonds. The quantitative estimate of drug-likeness (QED) is 0.396. The Morgan fingerprint density at radius 2 is 2.38 bits per heavy atom. The summed E-state index contributed by atoms with van der Waals surface area (Å²) in [4.78, 5) is 24.0. The van der Waals surface area contributed by atoms with Crippen LogP contribution in [0.2, 0.25) is 0 Å². The van der Waals surface area contributed by atoms with Crippen molar-refractivity contribution >= 4 is 18.0 Å². The Labute approximate surface area is 45.6 Å². The summed E-state index contributed by atoms with van der Waals surface area (Å²) in [6, 6.07) is 0. The average molecular weight is 112 g/mol. The van der Waals surface area contributed by atoms with Gasteiger partial charge in [-0.2, -0.15) is 0 Å². The van der Waals surface area contributed by atoms with Crippen LogP contribution in [0.1, 0.15) is 0 Å². The van der Waals surface area contributed by atoms with E-state index in [4.69, 9.17) is 0 Å². The molecule has 0 aromatic rings. The first kappa shape index (κ1) is 4.96. The number of nitrogens with zero attached hydrogens (tertiary/aromatic N) is 1. The van der Waals surface area contributed by atoms with Gasteiger partial charge in [-0.15, -0.1) is 0 Å². The fourth-order valence-electron chi connectivity index (χ4n) is 0.385. The number of nitrogens with one attached hydrogen (secondary N) is 1. The summed E-state index contributed by atoms with van der Waals surface area (Å²) in [7, 11) is 0. The van der Waals surface area contributed by atoms with Gasteiger partial charge >= 0.3 is 0 Å². The van der Waals surface area contributed by atoms with Crippen LogP contribution < -0.4 is 5.32 Å². The van der Waals surface area contributed by atoms with Crippen molar-refractivity contribution in [1.29, 1.82) is 0 Å². The molecule has 0 saturated carbocycles. The third-order valence-electron chi connectivity index (χ3n) is 0.775. The van der Waals surface area contributed by atoms with E-state index in [1.807, 2.05) is 0 Å². The lowest BCUT2D eigenvalue weighted by molar-refractivity contribution is -0.136. The summed E-state index contributed by atoms with van der Waals surface area (Å²) in [6.45, 7) is -0.00810. The van der Waals surface area contributed by atoms with Crippen molar-refractivity contribution < 1.29 is 9.59 Å². The van der Waals surface area contributed by atoms with Gasteiger partial charge in [-0.05, 0) is 0 Å². The SMILES string of the molecule is O=C1CN=CNC1=O. The Balaban J connectivity index is 2.71. The second kappa shape index (κ2) is 1.73. The van der Waals surface area contributed by atoms with Crippen molar-refractivity contribution in [1.82, 2.24) is 5.32 Å². The molecule has 0 unspecified atom stereocenters. The molecule has 1 aliphatic rings. The number of hydrogen-bond acceptors (Lipinski definition) is 3. The number of carbonyl (C=O) groups is 2. The van der Waals surface area contributed by atoms with E-state index >= 15 is 0 Å². The average Bonchev–Trinajstić information content (AvgIpc) is 1.77. The predicted octanol–water partition coefficient (Wildman–Crippen LogP) is -1.29. The Bertz CT molecular complexity index is 143. The summed E-state index contributed by atoms with van der Waals surface area (Å²) in [6.07, 6.45) is 1.23. The van der Waals surface area contributed by atoms with Crippen LogP contribution in [-0.4, -0.2) is 24.6 Å². The zero-order valence-corrected chi connectivity index (χ0v) is 4.05. The number of amides is 1. The van der Waals surface area contributed by atoms with Crippen molar-refractivity contribution in [2.45, 2.75) is 0 Å². The van der Waals surface area contributed by atoms with Crippen molar-refractivity contribution in [2.75, 3.05) is 6.54 Å². The fraction of sp³-hybridized carbons (Fsp3) is 0.250. The highest BCUT2D eigenvalue weighted by Gasteiger charge is 2.13. The molecule has 1 N–H and O–H groups in total. The molecule has 1 heterocycles. The van der Waals surface area contributed by atoms with Gasteiger partial charge in [-0.3, -0.25) is 14.6 Å². The van der Waals surface area contributed by atoms with Gasteiger partial charge in [0, 0.05) is 0 Å². The van der Waals surface area contributed by atoms with Gasteiger partial charge in [-0.25, -0.2) is 0 Å². The lowest BCUT2D eigenvalue weighted by Crippen LogP contribution is -2.35. The van der Waals surface area contributed by atoms with Crippen molar-refractivity contribution in [3.63, 3.8) is 0 Å². The summed E-state index contributed by atoms with van der Waals surface area (Å²) in [5.74, 6) is -1.05. The number of hydrogen-bond donors (Lipinski definition) is 1. The maximum atomic E-state index is 10.3. The van der Waals surface area contributed by atoms with Crippen molar-refractivity contribution in [3.8, 4) is 0 Å². The second-order valence-electron chi connectivity index (χ2n) is 1.37. The maximum Gasteiger partial charge on any atom is 0.294 e. The molecule has 4 heteroatoms. The van der Waals surface area contributed by atoms with Crippen LogP contribution in [0.4, 0.5) is 0 Å². The van der Waals surface area contributed by atoms with Crippen LogP contribution in [0.25, 0.3) is 0 Å². The number of Topliss-reactive ketones (excluding diaryl/α,β-unsaturated/α-hetero) is 1. The van der Waals surface area contributed by atoms with Crippen molar-refractivity contribution in [2.24, 2.45) is 4.99 Å². The van der Waals surface area contributed by atoms with Crippen LogP contribution >= 0.6 is 0 Å². The van der Waals surface area contributed by atoms with Gasteiger partial charge in [0.05, 0.1) is 6.34 Å². The molecule has 0 spiro atoms. The van der Waals surface area contributed by atoms with Crippen LogP contribution in [-0.2, 0) is 9.59 Å². The van der Waals surface area contributed by atoms with Gasteiger partial charge < -0.3 is 5.32 Å². The Kier molecular flexibility index (Phi) is 1.07. The molecule has 1 rings (SSSR count). The number of aliphatic imine (C=N–C) groups is 1. The molecule has 0 aromatic carbocycles. The molecule has 0 aliphatic carbocycles. The Morgan fingerprint density at radius 1 is 1.62 bits per heavy atom. The minimum atomic E-state index is -0.569. The minimum Gasteiger partial charge on any atom is -0.310 e. The molecule has 0 aromatic heterocycles. The van der Waals surface area contributed by atoms with Crippen LogP contribution in [0, 0.1) is 0 Å². The largest absolute Gasteiger partial charge is 0.310 e. The smallest absolute Gasteiger partial charge is 0.294 e. The second-order valence-corrected chi connectivity index (χ2v) is 1.37. The molecule has 8 heavy (non-hydrogen) atoms. The highest BCUT2D eigenvalue weighted by atomic mass is 16.2. The van der Waals surface area contributed by atoms with E-state index in [1.165, 1.54) is 6.34 Å². The van der Waals surface area contributed by atoms with E-state index in [2.05, 4.69) is 10.3 Å². The third kappa shape index (κ3) is 0.726. The number of carbonyl (C=O) groups excluding carboxylic acids is 2. The summed E-state index contributed by atoms with van der Waals surface area (Å²) in [5.41, 5.74) is 0. The molecule has 0 saturated heterocycles. The van der Waals surface area contributed by atoms with Gasteiger partial charge in [0.1, 0.15) is 6.54 Å². The van der Waals surface area contributed by atoms with E-state index < -0.39 is 11.7 Å². The molecule has 4 nitrogen and oxygen atoms in total. The first-order valence-electron chi connectivity index (χ1n) is 2.12. The van der Waals surface area contributed by atoms with Gasteiger partial charge in [-0.1, -0.05) is 0 Å². The van der Waals surface area contributed by atoms with Crippen LogP contribution in [0.3, 0.4) is 0 Å². The van der Waals surface area contributed by atoms with Gasteiger partial charge in [0.2, 0.25) is 5.78 Å². The number of ketones is 1. The number of rotatable bonds is 0. The van der Waals surface area contributed by atoms with E-state index in [9.17, 15) is 9.59 Å². The third-order valence-corrected chi connectivity index (χ3v) is 0.775. The highest BCUT2D eigenvalue weighted by Crippen LogP contribution is 1.78. The molecule has 0 atom stereocenters. The molecule has 0 fully saturated rings. The summed E-state index contributed by atoms with van der Waals surface area (Å²) < 4.78 is 0. The zero-order valence-electron chi connectivity index (χ0n) is 4.05. The first-order chi connectivity index (χ1) is 3.80. The van der Waals surface area contributed by atoms with Gasteiger partial charge in [0.15, 0.2) is 0 Å². The Hall–Kier alpha value is -1.19. The lowest BCUT2D eigenvalue weighted by atomic mass is 10.3. The van der Waals surface area contributed by atoms with E-state index in [-0.39, 0.29) is 6.54 Å². The van der Waals surface area contributed by atoms with E-state index in [0.717, 1.165) is 0 Å². The molecule has 0 radical (unpaired) electrons. The standard InChI is InChI=1S/C4H4N2O2/c7-3-1-5-2-6-4(3)8/h2H,1H2,(H,5,6,8). The zero-order chi connectivity index (χ0) is 5.98. The fourth-order valence-corrected chi connectivity index (χ4v) is 0.385. The Morgan fingerprint density at radius 3 is 2.75 bits per heavy atom. The molecular weight excluding hydrogens is 108 g/mol. The predicted molar refractivity (Wildman–Crippen MR) is 26.5 cm³/mol. The first-order valence-corrected chi connectivity index (χ1v) is 2.12. The summed E-state index contributed by atoms with van der Waals surface area (Å²) >= 11 is 0. The van der Waals surface area contributed by atoms with E-state index in [0.29, 0.717) is 0 Å². The minimum absolute atomic E-state index is 0.00810. The molecule has 42 valence electrons. The van der Waals surface area contributed by atoms with Gasteiger partial charge in [0.25, 0.3) is 5.91 Å². The lowest BCUT2D eigenvalue weighted by Gasteiger charge is -1.99. The maximum absolute atomic E-state index is 10.3. The topological polar surface area (TPSA) is 58.5 Å². The van der Waals surface area contributed by atoms with Crippen LogP contribution in [0.5, 0.6) is 0 Å². The van der Waals surface area contributed by atoms with Crippen molar-refractivity contribution in [3.05, 3.63) is 0 Å². The van der Waals surface area contributed by atoms with E-state index in [1.54, 1.807) is 0 Å². The molecule has 0 bridgehead atoms. The molecular formula is C4H4N2O2. The monoisotopic (exact) mass is 112 g/mol. The molecule has 1 aliphatic heterocycles. The van der Waals surface area contributed by atoms with Crippen LogP contribution in [0.15, 0.2) is 4.99 Å². The normalized spacial score (nSPS) is 18.5. The summed E-state index contributed by atoms with van der Waals surface area (Å²) in [5, 5.41) is 2.15.